The van der Waals surface area contributed by atoms with Crippen LogP contribution < -0.4 is 10.5 Å². The summed E-state index contributed by atoms with van der Waals surface area (Å²) in [6.45, 7) is 3.60. The van der Waals surface area contributed by atoms with E-state index >= 15 is 0 Å². The van der Waals surface area contributed by atoms with Crippen LogP contribution in [0.5, 0.6) is 0 Å². The number of hydrogen-bond acceptors (Lipinski definition) is 3. The normalized spacial score (nSPS) is 13.1. The first-order valence-corrected chi connectivity index (χ1v) is 6.81. The van der Waals surface area contributed by atoms with Gasteiger partial charge in [-0.25, -0.2) is 13.6 Å². The fraction of sp³-hybridized carbons (Fsp3) is 0.364. The van der Waals surface area contributed by atoms with Crippen LogP contribution in [0.2, 0.25) is 0 Å². The van der Waals surface area contributed by atoms with Crippen LogP contribution in [0.4, 0.5) is 0 Å². The Bertz CT molecular complexity index is 494. The van der Waals surface area contributed by atoms with Crippen LogP contribution in [0.1, 0.15) is 31.9 Å². The lowest BCUT2D eigenvalue weighted by Gasteiger charge is -2.13. The lowest BCUT2D eigenvalue weighted by atomic mass is 10.1. The summed E-state index contributed by atoms with van der Waals surface area (Å²) >= 11 is 0. The van der Waals surface area contributed by atoms with Crippen molar-refractivity contribution < 1.29 is 13.2 Å². The molecular formula is C11H16N2O3S. The SMILES string of the molecule is CCC(=O)N[C@@H](C)c1ccc(S(N)(=O)=O)cc1. The molecule has 0 aliphatic rings. The zero-order valence-corrected chi connectivity index (χ0v) is 10.6. The zero-order chi connectivity index (χ0) is 13.1. The Labute approximate surface area is 101 Å². The highest BCUT2D eigenvalue weighted by Crippen LogP contribution is 2.15. The van der Waals surface area contributed by atoms with E-state index in [0.717, 1.165) is 5.56 Å². The minimum atomic E-state index is -3.66. The van der Waals surface area contributed by atoms with E-state index in [1.165, 1.54) is 12.1 Å². The average molecular weight is 256 g/mol. The number of hydrogen-bond donors (Lipinski definition) is 2. The molecule has 1 aromatic rings. The second kappa shape index (κ2) is 5.29. The van der Waals surface area contributed by atoms with Crippen LogP contribution in [-0.4, -0.2) is 14.3 Å². The molecule has 1 rings (SSSR count). The van der Waals surface area contributed by atoms with Gasteiger partial charge in [-0.3, -0.25) is 4.79 Å². The maximum Gasteiger partial charge on any atom is 0.238 e. The minimum absolute atomic E-state index is 0.0481. The van der Waals surface area contributed by atoms with E-state index < -0.39 is 10.0 Å². The Hall–Kier alpha value is -1.40. The van der Waals surface area contributed by atoms with Crippen molar-refractivity contribution in [1.29, 1.82) is 0 Å². The van der Waals surface area contributed by atoms with Crippen LogP contribution in [-0.2, 0) is 14.8 Å². The molecule has 1 amide bonds. The van der Waals surface area contributed by atoms with Crippen LogP contribution in [0.25, 0.3) is 0 Å². The summed E-state index contributed by atoms with van der Waals surface area (Å²) in [6.07, 6.45) is 0.416. The van der Waals surface area contributed by atoms with Gasteiger partial charge in [0.25, 0.3) is 0 Å². The van der Waals surface area contributed by atoms with Crippen molar-refractivity contribution >= 4 is 15.9 Å². The van der Waals surface area contributed by atoms with Crippen molar-refractivity contribution in [3.8, 4) is 0 Å². The van der Waals surface area contributed by atoms with Crippen molar-refractivity contribution in [2.75, 3.05) is 0 Å². The maximum atomic E-state index is 11.2. The van der Waals surface area contributed by atoms with E-state index in [9.17, 15) is 13.2 Å². The van der Waals surface area contributed by atoms with Crippen LogP contribution in [0.15, 0.2) is 29.2 Å². The van der Waals surface area contributed by atoms with Gasteiger partial charge in [-0.2, -0.15) is 0 Å². The van der Waals surface area contributed by atoms with Crippen molar-refractivity contribution in [2.45, 2.75) is 31.2 Å². The maximum absolute atomic E-state index is 11.2. The predicted molar refractivity (Wildman–Crippen MR) is 64.7 cm³/mol. The summed E-state index contributed by atoms with van der Waals surface area (Å²) in [5.74, 6) is -0.0481. The molecule has 0 saturated carbocycles. The van der Waals surface area contributed by atoms with Gasteiger partial charge in [0.2, 0.25) is 15.9 Å². The Morgan fingerprint density at radius 1 is 1.35 bits per heavy atom. The third-order valence-corrected chi connectivity index (χ3v) is 3.34. The van der Waals surface area contributed by atoms with Gasteiger partial charge >= 0.3 is 0 Å². The molecule has 5 nitrogen and oxygen atoms in total. The molecule has 0 unspecified atom stereocenters. The molecule has 1 aromatic carbocycles. The van der Waals surface area contributed by atoms with Gasteiger partial charge in [0.1, 0.15) is 0 Å². The van der Waals surface area contributed by atoms with Gasteiger partial charge < -0.3 is 5.32 Å². The van der Waals surface area contributed by atoms with Crippen molar-refractivity contribution in [3.63, 3.8) is 0 Å². The fourth-order valence-electron chi connectivity index (χ4n) is 1.37. The number of nitrogens with two attached hydrogens (primary N) is 1. The highest BCUT2D eigenvalue weighted by Gasteiger charge is 2.10. The zero-order valence-electron chi connectivity index (χ0n) is 9.80. The highest BCUT2D eigenvalue weighted by molar-refractivity contribution is 7.89. The second-order valence-corrected chi connectivity index (χ2v) is 5.32. The van der Waals surface area contributed by atoms with Crippen molar-refractivity contribution in [1.82, 2.24) is 5.32 Å². The van der Waals surface area contributed by atoms with Gasteiger partial charge in [0.15, 0.2) is 0 Å². The molecule has 1 atom stereocenters. The molecule has 0 heterocycles. The molecule has 3 N–H and O–H groups in total. The predicted octanol–water partition coefficient (Wildman–Crippen LogP) is 0.921. The molecule has 0 aliphatic heterocycles. The quantitative estimate of drug-likeness (QED) is 0.839. The van der Waals surface area contributed by atoms with Gasteiger partial charge in [-0.05, 0) is 24.6 Å². The van der Waals surface area contributed by atoms with Gasteiger partial charge in [0, 0.05) is 6.42 Å². The number of carbonyl (C=O) groups is 1. The molecule has 0 aromatic heterocycles. The Morgan fingerprint density at radius 3 is 2.29 bits per heavy atom. The average Bonchev–Trinajstić information content (AvgIpc) is 2.27. The molecule has 0 radical (unpaired) electrons. The number of carbonyl (C=O) groups excluding carboxylic acids is 1. The standard InChI is InChI=1S/C11H16N2O3S/c1-3-11(14)13-8(2)9-4-6-10(7-5-9)17(12,15)16/h4-8H,3H2,1-2H3,(H,13,14)(H2,12,15,16)/t8-/m0/s1. The molecule has 6 heteroatoms. The summed E-state index contributed by atoms with van der Waals surface area (Å²) in [5.41, 5.74) is 0.833. The highest BCUT2D eigenvalue weighted by atomic mass is 32.2. The minimum Gasteiger partial charge on any atom is -0.350 e. The third-order valence-electron chi connectivity index (χ3n) is 2.41. The first-order valence-electron chi connectivity index (χ1n) is 5.26. The summed E-state index contributed by atoms with van der Waals surface area (Å²) in [4.78, 5) is 11.3. The monoisotopic (exact) mass is 256 g/mol. The lowest BCUT2D eigenvalue weighted by molar-refractivity contribution is -0.121. The molecule has 0 aliphatic carbocycles. The van der Waals surface area contributed by atoms with E-state index in [0.29, 0.717) is 6.42 Å². The molecule has 0 fully saturated rings. The van der Waals surface area contributed by atoms with E-state index in [2.05, 4.69) is 5.32 Å². The van der Waals surface area contributed by atoms with E-state index in [4.69, 9.17) is 5.14 Å². The van der Waals surface area contributed by atoms with Gasteiger partial charge in [0.05, 0.1) is 10.9 Å². The Morgan fingerprint density at radius 2 is 1.88 bits per heavy atom. The van der Waals surface area contributed by atoms with E-state index in [-0.39, 0.29) is 16.8 Å². The number of nitrogens with one attached hydrogen (secondary N) is 1. The Kier molecular flexibility index (Phi) is 4.25. The van der Waals surface area contributed by atoms with Crippen LogP contribution in [0, 0.1) is 0 Å². The van der Waals surface area contributed by atoms with E-state index in [1.807, 2.05) is 6.92 Å². The van der Waals surface area contributed by atoms with E-state index in [1.54, 1.807) is 19.1 Å². The Balaban J connectivity index is 2.84. The van der Waals surface area contributed by atoms with Crippen molar-refractivity contribution in [3.05, 3.63) is 29.8 Å². The molecule has 94 valence electrons. The first-order chi connectivity index (χ1) is 7.84. The summed E-state index contributed by atoms with van der Waals surface area (Å²) in [5, 5.41) is 7.77. The number of rotatable bonds is 4. The van der Waals surface area contributed by atoms with Gasteiger partial charge in [-0.15, -0.1) is 0 Å². The largest absolute Gasteiger partial charge is 0.350 e. The topological polar surface area (TPSA) is 89.3 Å². The molecule has 0 bridgehead atoms. The molecule has 0 saturated heterocycles. The van der Waals surface area contributed by atoms with Crippen LogP contribution >= 0.6 is 0 Å². The lowest BCUT2D eigenvalue weighted by Crippen LogP contribution is -2.25. The number of amides is 1. The second-order valence-electron chi connectivity index (χ2n) is 3.76. The molecule has 0 spiro atoms. The van der Waals surface area contributed by atoms with Crippen molar-refractivity contribution in [2.24, 2.45) is 5.14 Å². The summed E-state index contributed by atoms with van der Waals surface area (Å²) < 4.78 is 22.1. The third kappa shape index (κ3) is 3.83. The molecule has 17 heavy (non-hydrogen) atoms. The number of sulfonamides is 1. The summed E-state index contributed by atoms with van der Waals surface area (Å²) in [7, 11) is -3.66. The fourth-order valence-corrected chi connectivity index (χ4v) is 1.89. The number of primary sulfonamides is 1. The first kappa shape index (κ1) is 13.7. The van der Waals surface area contributed by atoms with Crippen LogP contribution in [0.3, 0.4) is 0 Å². The molecular weight excluding hydrogens is 240 g/mol. The number of benzene rings is 1. The van der Waals surface area contributed by atoms with Gasteiger partial charge in [-0.1, -0.05) is 19.1 Å². The smallest absolute Gasteiger partial charge is 0.238 e. The summed E-state index contributed by atoms with van der Waals surface area (Å²) in [6, 6.07) is 5.98.